The number of likely N-dealkylation sites (tertiary alicyclic amines) is 1. The van der Waals surface area contributed by atoms with Crippen molar-refractivity contribution in [3.63, 3.8) is 0 Å². The Morgan fingerprint density at radius 1 is 1.12 bits per heavy atom. The topological polar surface area (TPSA) is 79.7 Å². The van der Waals surface area contributed by atoms with Gasteiger partial charge in [-0.1, -0.05) is 12.1 Å². The highest BCUT2D eigenvalue weighted by Gasteiger charge is 2.44. The molecular formula is C22H19F3N6O. The van der Waals surface area contributed by atoms with Gasteiger partial charge < -0.3 is 9.88 Å². The van der Waals surface area contributed by atoms with Crippen LogP contribution in [-0.4, -0.2) is 42.3 Å². The lowest BCUT2D eigenvalue weighted by Gasteiger charge is -2.34. The summed E-state index contributed by atoms with van der Waals surface area (Å²) >= 11 is 0. The molecule has 2 aromatic carbocycles. The first-order chi connectivity index (χ1) is 15.3. The molecule has 5 rings (SSSR count). The summed E-state index contributed by atoms with van der Waals surface area (Å²) in [4.78, 5) is 24.3. The van der Waals surface area contributed by atoms with Crippen molar-refractivity contribution in [2.45, 2.75) is 31.5 Å². The molecule has 3 heterocycles. The molecule has 10 heteroatoms. The molecule has 164 valence electrons. The van der Waals surface area contributed by atoms with Crippen molar-refractivity contribution in [2.24, 2.45) is 0 Å². The number of H-pyrrole nitrogens is 1. The summed E-state index contributed by atoms with van der Waals surface area (Å²) in [6, 6.07) is 10.5. The molecule has 0 unspecified atom stereocenters. The molecule has 32 heavy (non-hydrogen) atoms. The van der Waals surface area contributed by atoms with Gasteiger partial charge in [0, 0.05) is 6.54 Å². The van der Waals surface area contributed by atoms with E-state index in [1.807, 2.05) is 6.92 Å². The summed E-state index contributed by atoms with van der Waals surface area (Å²) in [5, 5.41) is 8.26. The van der Waals surface area contributed by atoms with Crippen molar-refractivity contribution < 1.29 is 18.0 Å². The Hall–Kier alpha value is -3.69. The van der Waals surface area contributed by atoms with Crippen LogP contribution in [0.1, 0.15) is 41.5 Å². The maximum absolute atomic E-state index is 13.6. The van der Waals surface area contributed by atoms with E-state index < -0.39 is 17.3 Å². The fourth-order valence-electron chi connectivity index (χ4n) is 4.29. The van der Waals surface area contributed by atoms with E-state index in [9.17, 15) is 18.0 Å². The van der Waals surface area contributed by atoms with E-state index in [-0.39, 0.29) is 11.4 Å². The molecule has 1 N–H and O–H groups in total. The molecule has 1 saturated heterocycles. The van der Waals surface area contributed by atoms with Gasteiger partial charge in [0.1, 0.15) is 5.82 Å². The van der Waals surface area contributed by atoms with Crippen LogP contribution in [0.25, 0.3) is 16.7 Å². The van der Waals surface area contributed by atoms with Gasteiger partial charge in [0.2, 0.25) is 0 Å². The summed E-state index contributed by atoms with van der Waals surface area (Å²) in [5.41, 5.74) is 0.166. The van der Waals surface area contributed by atoms with Crippen LogP contribution in [0.15, 0.2) is 54.9 Å². The summed E-state index contributed by atoms with van der Waals surface area (Å²) in [6.45, 7) is 2.39. The summed E-state index contributed by atoms with van der Waals surface area (Å²) in [7, 11) is 0. The zero-order chi connectivity index (χ0) is 22.5. The molecule has 1 aliphatic heterocycles. The van der Waals surface area contributed by atoms with Gasteiger partial charge in [0.05, 0.1) is 45.8 Å². The van der Waals surface area contributed by atoms with Gasteiger partial charge in [-0.25, -0.2) is 4.98 Å². The maximum atomic E-state index is 13.6. The minimum Gasteiger partial charge on any atom is -0.340 e. The number of halogens is 3. The standard InChI is InChI=1S/C22H19F3N6O/c1-21(20-28-16-8-7-14(22(23,24)25)13-17(16)29-20)9-4-12-30(21)19(32)15-5-2-3-6-18(15)31-26-10-11-27-31/h2-3,5-8,10-11,13H,4,9,12H2,1H3,(H,28,29)/t21-/m0/s1. The number of hydrogen-bond acceptors (Lipinski definition) is 4. The predicted molar refractivity (Wildman–Crippen MR) is 110 cm³/mol. The number of carbonyl (C=O) groups excluding carboxylic acids is 1. The molecule has 0 aliphatic carbocycles. The second kappa shape index (κ2) is 7.18. The molecule has 2 aromatic heterocycles. The van der Waals surface area contributed by atoms with Gasteiger partial charge in [-0.3, -0.25) is 4.79 Å². The van der Waals surface area contributed by atoms with Crippen LogP contribution < -0.4 is 0 Å². The van der Waals surface area contributed by atoms with E-state index in [0.29, 0.717) is 35.6 Å². The number of imidazole rings is 1. The first-order valence-corrected chi connectivity index (χ1v) is 10.1. The van der Waals surface area contributed by atoms with Crippen molar-refractivity contribution >= 4 is 16.9 Å². The second-order valence-corrected chi connectivity index (χ2v) is 7.98. The van der Waals surface area contributed by atoms with Crippen LogP contribution in [0, 0.1) is 0 Å². The largest absolute Gasteiger partial charge is 0.416 e. The molecule has 0 saturated carbocycles. The number of rotatable bonds is 3. The number of aromatic nitrogens is 5. The highest BCUT2D eigenvalue weighted by molar-refractivity contribution is 5.98. The van der Waals surface area contributed by atoms with Crippen LogP contribution in [0.2, 0.25) is 0 Å². The fraction of sp³-hybridized carbons (Fsp3) is 0.273. The maximum Gasteiger partial charge on any atom is 0.416 e. The van der Waals surface area contributed by atoms with Gasteiger partial charge >= 0.3 is 6.18 Å². The van der Waals surface area contributed by atoms with E-state index in [1.165, 1.54) is 23.3 Å². The lowest BCUT2D eigenvalue weighted by atomic mass is 9.97. The third-order valence-corrected chi connectivity index (χ3v) is 5.97. The van der Waals surface area contributed by atoms with Crippen LogP contribution >= 0.6 is 0 Å². The zero-order valence-corrected chi connectivity index (χ0v) is 17.1. The first-order valence-electron chi connectivity index (χ1n) is 10.1. The molecule has 4 aromatic rings. The number of para-hydroxylation sites is 1. The number of nitrogens with one attached hydrogen (secondary N) is 1. The first kappa shape index (κ1) is 20.2. The number of hydrogen-bond donors (Lipinski definition) is 1. The third-order valence-electron chi connectivity index (χ3n) is 5.97. The van der Waals surface area contributed by atoms with E-state index in [1.54, 1.807) is 29.2 Å². The summed E-state index contributed by atoms with van der Waals surface area (Å²) in [5.74, 6) is 0.252. The van der Waals surface area contributed by atoms with Crippen LogP contribution in [0.3, 0.4) is 0 Å². The quantitative estimate of drug-likeness (QED) is 0.515. The fourth-order valence-corrected chi connectivity index (χ4v) is 4.29. The Kier molecular flexibility index (Phi) is 4.54. The minimum absolute atomic E-state index is 0.214. The van der Waals surface area contributed by atoms with Crippen molar-refractivity contribution in [3.8, 4) is 5.69 Å². The third kappa shape index (κ3) is 3.22. The highest BCUT2D eigenvalue weighted by atomic mass is 19.4. The number of alkyl halides is 3. The zero-order valence-electron chi connectivity index (χ0n) is 17.1. The molecule has 7 nitrogen and oxygen atoms in total. The Morgan fingerprint density at radius 2 is 1.88 bits per heavy atom. The molecule has 1 amide bonds. The Bertz CT molecular complexity index is 1300. The molecule has 0 radical (unpaired) electrons. The lowest BCUT2D eigenvalue weighted by molar-refractivity contribution is -0.137. The molecule has 1 atom stereocenters. The molecule has 1 aliphatic rings. The van der Waals surface area contributed by atoms with Crippen LogP contribution in [-0.2, 0) is 11.7 Å². The molecule has 1 fully saturated rings. The Morgan fingerprint density at radius 3 is 2.62 bits per heavy atom. The molecular weight excluding hydrogens is 421 g/mol. The monoisotopic (exact) mass is 440 g/mol. The van der Waals surface area contributed by atoms with Gasteiger partial charge in [-0.2, -0.15) is 28.2 Å². The van der Waals surface area contributed by atoms with Crippen LogP contribution in [0.4, 0.5) is 13.2 Å². The smallest absolute Gasteiger partial charge is 0.340 e. The number of carbonyl (C=O) groups is 1. The predicted octanol–water partition coefficient (Wildman–Crippen LogP) is 4.31. The van der Waals surface area contributed by atoms with Crippen molar-refractivity contribution in [1.29, 1.82) is 0 Å². The van der Waals surface area contributed by atoms with E-state index in [2.05, 4.69) is 20.2 Å². The van der Waals surface area contributed by atoms with Gasteiger partial charge in [0.15, 0.2) is 0 Å². The van der Waals surface area contributed by atoms with E-state index in [0.717, 1.165) is 18.6 Å². The van der Waals surface area contributed by atoms with Crippen molar-refractivity contribution in [2.75, 3.05) is 6.54 Å². The van der Waals surface area contributed by atoms with Crippen LogP contribution in [0.5, 0.6) is 0 Å². The Balaban J connectivity index is 1.54. The van der Waals surface area contributed by atoms with Gasteiger partial charge in [0.25, 0.3) is 5.91 Å². The number of benzene rings is 2. The summed E-state index contributed by atoms with van der Waals surface area (Å²) < 4.78 is 39.3. The molecule has 0 spiro atoms. The normalized spacial score (nSPS) is 19.1. The Labute approximate surface area is 180 Å². The molecule has 0 bridgehead atoms. The van der Waals surface area contributed by atoms with E-state index in [4.69, 9.17) is 0 Å². The highest BCUT2D eigenvalue weighted by Crippen LogP contribution is 2.40. The van der Waals surface area contributed by atoms with Gasteiger partial charge in [-0.15, -0.1) is 0 Å². The number of amides is 1. The average molecular weight is 440 g/mol. The number of nitrogens with zero attached hydrogens (tertiary/aromatic N) is 5. The van der Waals surface area contributed by atoms with Gasteiger partial charge in [-0.05, 0) is 50.1 Å². The van der Waals surface area contributed by atoms with Crippen molar-refractivity contribution in [1.82, 2.24) is 29.9 Å². The minimum atomic E-state index is -4.44. The number of fused-ring (bicyclic) bond motifs is 1. The van der Waals surface area contributed by atoms with Crippen molar-refractivity contribution in [3.05, 3.63) is 71.8 Å². The SMILES string of the molecule is C[C@@]1(c2nc3ccc(C(F)(F)F)cc3[nH]2)CCCN1C(=O)c1ccccc1-n1nccn1. The lowest BCUT2D eigenvalue weighted by Crippen LogP contribution is -2.44. The number of aromatic amines is 1. The average Bonchev–Trinajstić information content (AvgIpc) is 3.52. The second-order valence-electron chi connectivity index (χ2n) is 7.98. The summed E-state index contributed by atoms with van der Waals surface area (Å²) in [6.07, 6.45) is 0.000785. The van der Waals surface area contributed by atoms with E-state index >= 15 is 0 Å².